The van der Waals surface area contributed by atoms with Gasteiger partial charge in [0.25, 0.3) is 0 Å². The van der Waals surface area contributed by atoms with Crippen molar-refractivity contribution in [2.75, 3.05) is 6.61 Å². The Morgan fingerprint density at radius 3 is 2.93 bits per heavy atom. The largest absolute Gasteiger partial charge is 0.396 e. The molecular weight excluding hydrogens is 256 g/mol. The summed E-state index contributed by atoms with van der Waals surface area (Å²) >= 11 is 3.49. The fraction of sp³-hybridized carbons (Fsp3) is 0.364. The third-order valence-electron chi connectivity index (χ3n) is 2.48. The van der Waals surface area contributed by atoms with E-state index in [1.165, 1.54) is 0 Å². The van der Waals surface area contributed by atoms with Gasteiger partial charge in [-0.05, 0) is 28.9 Å². The van der Waals surface area contributed by atoms with Crippen LogP contribution < -0.4 is 0 Å². The molecule has 0 aliphatic carbocycles. The van der Waals surface area contributed by atoms with E-state index in [1.54, 1.807) is 0 Å². The van der Waals surface area contributed by atoms with E-state index in [2.05, 4.69) is 28.0 Å². The van der Waals surface area contributed by atoms with Crippen molar-refractivity contribution in [2.45, 2.75) is 19.9 Å². The number of aliphatic hydroxyl groups is 1. The molecule has 1 N–H and O–H groups in total. The van der Waals surface area contributed by atoms with E-state index in [-0.39, 0.29) is 6.61 Å². The number of hydrogen-bond acceptors (Lipinski definition) is 2. The quantitative estimate of drug-likeness (QED) is 0.928. The van der Waals surface area contributed by atoms with E-state index in [0.29, 0.717) is 6.42 Å². The van der Waals surface area contributed by atoms with Crippen molar-refractivity contribution >= 4 is 26.8 Å². The molecule has 0 spiro atoms. The third-order valence-corrected chi connectivity index (χ3v) is 3.12. The number of halogens is 1. The van der Waals surface area contributed by atoms with Crippen LogP contribution in [0.5, 0.6) is 0 Å². The predicted molar refractivity (Wildman–Crippen MR) is 63.9 cm³/mol. The fourth-order valence-electron chi connectivity index (χ4n) is 1.80. The summed E-state index contributed by atoms with van der Waals surface area (Å²) in [6.07, 6.45) is 0.654. The molecule has 0 radical (unpaired) electrons. The molecule has 0 atom stereocenters. The van der Waals surface area contributed by atoms with E-state index < -0.39 is 0 Å². The van der Waals surface area contributed by atoms with Gasteiger partial charge in [0.15, 0.2) is 0 Å². The van der Waals surface area contributed by atoms with Crippen LogP contribution in [-0.4, -0.2) is 21.5 Å². The average molecular weight is 269 g/mol. The maximum atomic E-state index is 9.03. The summed E-state index contributed by atoms with van der Waals surface area (Å²) in [6.45, 7) is 3.05. The summed E-state index contributed by atoms with van der Waals surface area (Å²) in [5.41, 5.74) is 2.08. The molecule has 2 aromatic rings. The molecule has 0 aliphatic rings. The summed E-state index contributed by atoms with van der Waals surface area (Å²) in [4.78, 5) is 0. The van der Waals surface area contributed by atoms with Crippen LogP contribution in [0.15, 0.2) is 22.7 Å². The van der Waals surface area contributed by atoms with Crippen LogP contribution in [0.2, 0.25) is 0 Å². The number of nitrogens with zero attached hydrogens (tertiary/aromatic N) is 2. The van der Waals surface area contributed by atoms with E-state index >= 15 is 0 Å². The molecule has 1 heterocycles. The summed E-state index contributed by atoms with van der Waals surface area (Å²) in [6, 6.07) is 6.03. The van der Waals surface area contributed by atoms with Gasteiger partial charge in [-0.25, -0.2) is 0 Å². The molecule has 80 valence electrons. The second kappa shape index (κ2) is 4.33. The van der Waals surface area contributed by atoms with Crippen LogP contribution in [0.4, 0.5) is 0 Å². The van der Waals surface area contributed by atoms with Gasteiger partial charge in [0.2, 0.25) is 0 Å². The highest BCUT2D eigenvalue weighted by Gasteiger charge is 2.11. The maximum absolute atomic E-state index is 9.03. The van der Waals surface area contributed by atoms with E-state index in [9.17, 15) is 0 Å². The SMILES string of the molecule is CCn1nc2c(Br)cccc2c1CCO. The first-order valence-corrected chi connectivity index (χ1v) is 5.82. The molecule has 1 aromatic heterocycles. The number of aryl methyl sites for hydroxylation is 1. The number of rotatable bonds is 3. The van der Waals surface area contributed by atoms with Crippen molar-refractivity contribution in [1.29, 1.82) is 0 Å². The van der Waals surface area contributed by atoms with Gasteiger partial charge in [-0.2, -0.15) is 5.10 Å². The number of aromatic nitrogens is 2. The zero-order valence-corrected chi connectivity index (χ0v) is 10.2. The lowest BCUT2D eigenvalue weighted by Gasteiger charge is -2.02. The van der Waals surface area contributed by atoms with Crippen LogP contribution in [0.1, 0.15) is 12.6 Å². The van der Waals surface area contributed by atoms with Crippen molar-refractivity contribution in [3.63, 3.8) is 0 Å². The second-order valence-corrected chi connectivity index (χ2v) is 4.23. The Morgan fingerprint density at radius 1 is 1.47 bits per heavy atom. The Morgan fingerprint density at radius 2 is 2.27 bits per heavy atom. The zero-order valence-electron chi connectivity index (χ0n) is 8.57. The minimum Gasteiger partial charge on any atom is -0.396 e. The Labute approximate surface area is 96.8 Å². The van der Waals surface area contributed by atoms with Crippen molar-refractivity contribution in [1.82, 2.24) is 9.78 Å². The fourth-order valence-corrected chi connectivity index (χ4v) is 2.25. The molecule has 0 saturated heterocycles. The van der Waals surface area contributed by atoms with Crippen LogP contribution >= 0.6 is 15.9 Å². The van der Waals surface area contributed by atoms with Gasteiger partial charge >= 0.3 is 0 Å². The molecule has 0 fully saturated rings. The van der Waals surface area contributed by atoms with Crippen LogP contribution in [0.25, 0.3) is 10.9 Å². The minimum absolute atomic E-state index is 0.160. The Hall–Kier alpha value is -0.870. The van der Waals surface area contributed by atoms with Crippen molar-refractivity contribution in [3.8, 4) is 0 Å². The van der Waals surface area contributed by atoms with Crippen molar-refractivity contribution in [2.24, 2.45) is 0 Å². The predicted octanol–water partition coefficient (Wildman–Crippen LogP) is 2.35. The highest BCUT2D eigenvalue weighted by molar-refractivity contribution is 9.10. The van der Waals surface area contributed by atoms with Gasteiger partial charge < -0.3 is 5.11 Å². The van der Waals surface area contributed by atoms with Gasteiger partial charge in [0.1, 0.15) is 5.52 Å². The van der Waals surface area contributed by atoms with Crippen LogP contribution in [-0.2, 0) is 13.0 Å². The number of aliphatic hydroxyl groups excluding tert-OH is 1. The lowest BCUT2D eigenvalue weighted by Crippen LogP contribution is -2.04. The van der Waals surface area contributed by atoms with E-state index in [0.717, 1.165) is 27.6 Å². The first-order valence-electron chi connectivity index (χ1n) is 5.02. The maximum Gasteiger partial charge on any atom is 0.107 e. The molecule has 4 heteroatoms. The normalized spacial score (nSPS) is 11.1. The summed E-state index contributed by atoms with van der Waals surface area (Å²) in [7, 11) is 0. The zero-order chi connectivity index (χ0) is 10.8. The van der Waals surface area contributed by atoms with E-state index in [1.807, 2.05) is 22.9 Å². The third kappa shape index (κ3) is 1.79. The molecule has 0 saturated carbocycles. The number of benzene rings is 1. The Bertz CT molecular complexity index is 479. The molecule has 2 rings (SSSR count). The lowest BCUT2D eigenvalue weighted by molar-refractivity contribution is 0.296. The standard InChI is InChI=1S/C11H13BrN2O/c1-2-14-10(6-7-15)8-4-3-5-9(12)11(8)13-14/h3-5,15H,2,6-7H2,1H3. The van der Waals surface area contributed by atoms with Gasteiger partial charge in [0, 0.05) is 35.1 Å². The van der Waals surface area contributed by atoms with Gasteiger partial charge in [-0.15, -0.1) is 0 Å². The van der Waals surface area contributed by atoms with Crippen molar-refractivity contribution in [3.05, 3.63) is 28.4 Å². The van der Waals surface area contributed by atoms with Crippen molar-refractivity contribution < 1.29 is 5.11 Å². The average Bonchev–Trinajstić information content (AvgIpc) is 2.59. The first kappa shape index (κ1) is 10.6. The molecule has 0 amide bonds. The van der Waals surface area contributed by atoms with Crippen LogP contribution in [0.3, 0.4) is 0 Å². The Balaban J connectivity index is 2.68. The lowest BCUT2D eigenvalue weighted by atomic mass is 10.2. The topological polar surface area (TPSA) is 38.0 Å². The van der Waals surface area contributed by atoms with Gasteiger partial charge in [-0.1, -0.05) is 12.1 Å². The number of hydrogen-bond donors (Lipinski definition) is 1. The molecule has 0 bridgehead atoms. The summed E-state index contributed by atoms with van der Waals surface area (Å²) in [5.74, 6) is 0. The molecule has 0 unspecified atom stereocenters. The Kier molecular flexibility index (Phi) is 3.07. The monoisotopic (exact) mass is 268 g/mol. The summed E-state index contributed by atoms with van der Waals surface area (Å²) < 4.78 is 2.96. The highest BCUT2D eigenvalue weighted by Crippen LogP contribution is 2.25. The van der Waals surface area contributed by atoms with E-state index in [4.69, 9.17) is 5.11 Å². The molecule has 0 aliphatic heterocycles. The smallest absolute Gasteiger partial charge is 0.107 e. The second-order valence-electron chi connectivity index (χ2n) is 3.37. The van der Waals surface area contributed by atoms with Gasteiger partial charge in [-0.3, -0.25) is 4.68 Å². The minimum atomic E-state index is 0.160. The molecule has 3 nitrogen and oxygen atoms in total. The molecular formula is C11H13BrN2O. The number of fused-ring (bicyclic) bond motifs is 1. The molecule has 1 aromatic carbocycles. The summed E-state index contributed by atoms with van der Waals surface area (Å²) in [5, 5.41) is 14.7. The van der Waals surface area contributed by atoms with Crippen LogP contribution in [0, 0.1) is 0 Å². The highest BCUT2D eigenvalue weighted by atomic mass is 79.9. The molecule has 15 heavy (non-hydrogen) atoms. The first-order chi connectivity index (χ1) is 7.27. The van der Waals surface area contributed by atoms with Gasteiger partial charge in [0.05, 0.1) is 0 Å².